The minimum atomic E-state index is -0.656. The summed E-state index contributed by atoms with van der Waals surface area (Å²) in [5.41, 5.74) is 2.07. The second-order valence-electron chi connectivity index (χ2n) is 5.75. The van der Waals surface area contributed by atoms with E-state index in [0.717, 1.165) is 11.1 Å². The van der Waals surface area contributed by atoms with E-state index in [4.69, 9.17) is 9.47 Å². The molecule has 1 aromatic heterocycles. The van der Waals surface area contributed by atoms with E-state index in [1.807, 2.05) is 18.2 Å². The lowest BCUT2D eigenvalue weighted by Gasteiger charge is -2.03. The predicted octanol–water partition coefficient (Wildman–Crippen LogP) is 3.62. The van der Waals surface area contributed by atoms with Crippen LogP contribution in [0.5, 0.6) is 5.75 Å². The van der Waals surface area contributed by atoms with Crippen molar-refractivity contribution in [3.63, 3.8) is 0 Å². The number of aliphatic hydroxyl groups is 1. The summed E-state index contributed by atoms with van der Waals surface area (Å²) in [6.45, 7) is -0.443. The molecule has 0 aliphatic heterocycles. The molecule has 1 heterocycles. The van der Waals surface area contributed by atoms with Crippen molar-refractivity contribution in [3.8, 4) is 11.8 Å². The van der Waals surface area contributed by atoms with E-state index in [1.165, 1.54) is 6.08 Å². The van der Waals surface area contributed by atoms with Crippen LogP contribution in [0.2, 0.25) is 0 Å². The molecule has 0 atom stereocenters. The molecule has 3 rings (SSSR count). The molecule has 2 aromatic carbocycles. The van der Waals surface area contributed by atoms with Crippen LogP contribution in [-0.4, -0.2) is 34.8 Å². The minimum Gasteiger partial charge on any atom is -0.507 e. The van der Waals surface area contributed by atoms with Gasteiger partial charge in [-0.15, -0.1) is 0 Å². The molecule has 0 radical (unpaired) electrons. The Morgan fingerprint density at radius 1 is 1.29 bits per heavy atom. The first-order chi connectivity index (χ1) is 13.6. The number of imidazole rings is 1. The molecule has 2 N–H and O–H groups in total. The van der Waals surface area contributed by atoms with Gasteiger partial charge >= 0.3 is 5.97 Å². The number of allylic oxidation sites excluding steroid dienone is 1. The minimum absolute atomic E-state index is 0.0826. The van der Waals surface area contributed by atoms with Crippen LogP contribution in [0.4, 0.5) is 0 Å². The highest BCUT2D eigenvalue weighted by Crippen LogP contribution is 2.19. The number of carbonyl (C=O) groups is 1. The van der Waals surface area contributed by atoms with Crippen molar-refractivity contribution in [2.24, 2.45) is 0 Å². The Kier molecular flexibility index (Phi) is 5.72. The van der Waals surface area contributed by atoms with Crippen LogP contribution < -0.4 is 4.74 Å². The van der Waals surface area contributed by atoms with E-state index in [0.29, 0.717) is 11.3 Å². The quantitative estimate of drug-likeness (QED) is 0.295. The van der Waals surface area contributed by atoms with Crippen LogP contribution in [0.25, 0.3) is 22.7 Å². The van der Waals surface area contributed by atoms with E-state index < -0.39 is 12.6 Å². The molecule has 0 saturated carbocycles. The fourth-order valence-electron chi connectivity index (χ4n) is 2.49. The van der Waals surface area contributed by atoms with E-state index >= 15 is 0 Å². The van der Waals surface area contributed by atoms with Gasteiger partial charge in [0.2, 0.25) is 0 Å². The summed E-state index contributed by atoms with van der Waals surface area (Å²) in [5.74, 6) is -0.161. The Morgan fingerprint density at radius 3 is 2.86 bits per heavy atom. The zero-order valence-corrected chi connectivity index (χ0v) is 15.0. The number of para-hydroxylation sites is 2. The van der Waals surface area contributed by atoms with E-state index in [1.54, 1.807) is 49.6 Å². The van der Waals surface area contributed by atoms with Gasteiger partial charge in [-0.1, -0.05) is 24.3 Å². The van der Waals surface area contributed by atoms with Crippen molar-refractivity contribution in [2.75, 3.05) is 13.7 Å². The molecule has 28 heavy (non-hydrogen) atoms. The third-order valence-corrected chi connectivity index (χ3v) is 3.88. The van der Waals surface area contributed by atoms with E-state index in [9.17, 15) is 15.2 Å². The number of rotatable bonds is 6. The van der Waals surface area contributed by atoms with Crippen LogP contribution in [0.3, 0.4) is 0 Å². The number of aliphatic hydroxyl groups excluding tert-OH is 1. The number of hydrogen-bond acceptors (Lipinski definition) is 6. The first-order valence-corrected chi connectivity index (χ1v) is 8.37. The van der Waals surface area contributed by atoms with Gasteiger partial charge in [0, 0.05) is 6.08 Å². The van der Waals surface area contributed by atoms with Crippen LogP contribution in [0.1, 0.15) is 11.4 Å². The van der Waals surface area contributed by atoms with Crippen LogP contribution in [-0.2, 0) is 9.53 Å². The van der Waals surface area contributed by atoms with Gasteiger partial charge in [-0.05, 0) is 35.9 Å². The molecule has 140 valence electrons. The third-order valence-electron chi connectivity index (χ3n) is 3.88. The van der Waals surface area contributed by atoms with Gasteiger partial charge in [-0.3, -0.25) is 0 Å². The van der Waals surface area contributed by atoms with Crippen molar-refractivity contribution in [3.05, 3.63) is 71.8 Å². The Balaban J connectivity index is 1.68. The van der Waals surface area contributed by atoms with Crippen molar-refractivity contribution >= 4 is 28.7 Å². The fraction of sp³-hybridized carbons (Fsp3) is 0.0952. The maximum atomic E-state index is 11.9. The molecule has 0 fully saturated rings. The van der Waals surface area contributed by atoms with Crippen LogP contribution >= 0.6 is 0 Å². The largest absolute Gasteiger partial charge is 0.507 e. The first kappa shape index (κ1) is 18.7. The molecule has 0 amide bonds. The number of aromatic amines is 1. The molecule has 0 spiro atoms. The molecule has 7 nitrogen and oxygen atoms in total. The number of ether oxygens (including phenoxy) is 2. The summed E-state index contributed by atoms with van der Waals surface area (Å²) in [7, 11) is 1.56. The molecule has 0 aliphatic carbocycles. The van der Waals surface area contributed by atoms with Crippen molar-refractivity contribution in [2.45, 2.75) is 0 Å². The lowest BCUT2D eigenvalue weighted by Crippen LogP contribution is -2.06. The SMILES string of the molecule is COc1cccc(C=CC(=O)OC/C(O)=C(\C#N)c2nc3ccccc3[nH]2)c1. The Labute approximate surface area is 161 Å². The molecule has 7 heteroatoms. The second kappa shape index (κ2) is 8.56. The number of nitrogens with zero attached hydrogens (tertiary/aromatic N) is 2. The first-order valence-electron chi connectivity index (χ1n) is 8.37. The highest BCUT2D eigenvalue weighted by Gasteiger charge is 2.14. The topological polar surface area (TPSA) is 108 Å². The van der Waals surface area contributed by atoms with Crippen molar-refractivity contribution < 1.29 is 19.4 Å². The lowest BCUT2D eigenvalue weighted by atomic mass is 10.2. The average molecular weight is 375 g/mol. The summed E-state index contributed by atoms with van der Waals surface area (Å²) >= 11 is 0. The summed E-state index contributed by atoms with van der Waals surface area (Å²) < 4.78 is 10.1. The third kappa shape index (κ3) is 4.37. The predicted molar refractivity (Wildman–Crippen MR) is 104 cm³/mol. The van der Waals surface area contributed by atoms with Gasteiger partial charge in [0.25, 0.3) is 0 Å². The molecule has 0 aliphatic rings. The smallest absolute Gasteiger partial charge is 0.331 e. The molecule has 0 bridgehead atoms. The molecular formula is C21H17N3O4. The van der Waals surface area contributed by atoms with Gasteiger partial charge in [0.05, 0.1) is 18.1 Å². The fourth-order valence-corrected chi connectivity index (χ4v) is 2.49. The average Bonchev–Trinajstić information content (AvgIpc) is 3.15. The van der Waals surface area contributed by atoms with Gasteiger partial charge in [0.1, 0.15) is 24.0 Å². The highest BCUT2D eigenvalue weighted by molar-refractivity contribution is 5.87. The maximum absolute atomic E-state index is 11.9. The number of methoxy groups -OCH3 is 1. The second-order valence-corrected chi connectivity index (χ2v) is 5.75. The Morgan fingerprint density at radius 2 is 2.11 bits per heavy atom. The Bertz CT molecular complexity index is 1070. The number of fused-ring (bicyclic) bond motifs is 1. The standard InChI is InChI=1S/C21H17N3O4/c1-27-15-6-4-5-14(11-15)9-10-20(26)28-13-19(25)16(12-22)21-23-17-7-2-3-8-18(17)24-21/h2-11,25H,13H2,1H3,(H,23,24)/b10-9?,19-16-. The maximum Gasteiger partial charge on any atom is 0.331 e. The molecule has 3 aromatic rings. The summed E-state index contributed by atoms with van der Waals surface area (Å²) in [6.07, 6.45) is 2.80. The summed E-state index contributed by atoms with van der Waals surface area (Å²) in [6, 6.07) is 16.3. The number of nitriles is 1. The molecular weight excluding hydrogens is 358 g/mol. The van der Waals surface area contributed by atoms with Gasteiger partial charge in [0.15, 0.2) is 11.6 Å². The summed E-state index contributed by atoms with van der Waals surface area (Å²) in [5, 5.41) is 19.5. The zero-order chi connectivity index (χ0) is 19.9. The number of H-pyrrole nitrogens is 1. The Hall–Kier alpha value is -4.05. The molecule has 0 unspecified atom stereocenters. The van der Waals surface area contributed by atoms with Gasteiger partial charge in [-0.25, -0.2) is 9.78 Å². The van der Waals surface area contributed by atoms with E-state index in [2.05, 4.69) is 9.97 Å². The van der Waals surface area contributed by atoms with Crippen molar-refractivity contribution in [1.82, 2.24) is 9.97 Å². The molecule has 0 saturated heterocycles. The van der Waals surface area contributed by atoms with Crippen LogP contribution in [0.15, 0.2) is 60.4 Å². The number of esters is 1. The normalized spacial score (nSPS) is 11.9. The van der Waals surface area contributed by atoms with Gasteiger partial charge < -0.3 is 19.6 Å². The lowest BCUT2D eigenvalue weighted by molar-refractivity contribution is -0.137. The number of carbonyl (C=O) groups excluding carboxylic acids is 1. The van der Waals surface area contributed by atoms with Gasteiger partial charge in [-0.2, -0.15) is 5.26 Å². The summed E-state index contributed by atoms with van der Waals surface area (Å²) in [4.78, 5) is 19.1. The highest BCUT2D eigenvalue weighted by atomic mass is 16.5. The number of nitrogens with one attached hydrogen (secondary N) is 1. The monoisotopic (exact) mass is 375 g/mol. The number of hydrogen-bond donors (Lipinski definition) is 2. The van der Waals surface area contributed by atoms with E-state index in [-0.39, 0.29) is 17.2 Å². The zero-order valence-electron chi connectivity index (χ0n) is 15.0. The van der Waals surface area contributed by atoms with Crippen LogP contribution in [0, 0.1) is 11.3 Å². The number of benzene rings is 2. The van der Waals surface area contributed by atoms with Crippen molar-refractivity contribution in [1.29, 1.82) is 5.26 Å². The number of aromatic nitrogens is 2.